The third-order valence-corrected chi connectivity index (χ3v) is 4.55. The van der Waals surface area contributed by atoms with Crippen LogP contribution in [0.25, 0.3) is 0 Å². The predicted molar refractivity (Wildman–Crippen MR) is 98.0 cm³/mol. The number of halogens is 2. The summed E-state index contributed by atoms with van der Waals surface area (Å²) in [4.78, 5) is 26.4. The molecule has 3 rings (SSSR count). The fraction of sp³-hybridized carbons (Fsp3) is 0.300. The minimum absolute atomic E-state index is 0.126. The first-order valence-corrected chi connectivity index (χ1v) is 8.85. The fourth-order valence-electron chi connectivity index (χ4n) is 3.05. The topological polar surface area (TPSA) is 61.4 Å². The number of nitrogens with one attached hydrogen (secondary N) is 2. The highest BCUT2D eigenvalue weighted by Crippen LogP contribution is 2.18. The maximum atomic E-state index is 12.9. The Morgan fingerprint density at radius 2 is 1.63 bits per heavy atom. The molecule has 0 radical (unpaired) electrons. The molecule has 0 unspecified atom stereocenters. The molecule has 1 aliphatic heterocycles. The number of amides is 3. The molecule has 142 valence electrons. The Labute approximate surface area is 156 Å². The van der Waals surface area contributed by atoms with E-state index in [4.69, 9.17) is 0 Å². The molecule has 0 saturated carbocycles. The zero-order chi connectivity index (χ0) is 19.2. The molecule has 1 aliphatic rings. The van der Waals surface area contributed by atoms with Gasteiger partial charge in [0, 0.05) is 25.3 Å². The standard InChI is InChI=1S/C20H21F2N3O2/c21-16-5-3-14(4-6-16)12-23-19(26)15-2-1-11-25(13-15)20(27)24-18-9-7-17(22)8-10-18/h3-10,15H,1-2,11-13H2,(H,23,26)(H,24,27)/t15-/m1/s1. The maximum absolute atomic E-state index is 12.9. The molecule has 5 nitrogen and oxygen atoms in total. The van der Waals surface area contributed by atoms with Gasteiger partial charge in [0.1, 0.15) is 11.6 Å². The summed E-state index contributed by atoms with van der Waals surface area (Å²) in [6, 6.07) is 11.2. The van der Waals surface area contributed by atoms with Crippen LogP contribution < -0.4 is 10.6 Å². The summed E-state index contributed by atoms with van der Waals surface area (Å²) in [5.74, 6) is -1.11. The molecule has 1 fully saturated rings. The van der Waals surface area contributed by atoms with Crippen molar-refractivity contribution in [3.8, 4) is 0 Å². The van der Waals surface area contributed by atoms with Gasteiger partial charge in [-0.2, -0.15) is 0 Å². The van der Waals surface area contributed by atoms with Crippen molar-refractivity contribution in [1.82, 2.24) is 10.2 Å². The van der Waals surface area contributed by atoms with E-state index >= 15 is 0 Å². The minimum atomic E-state index is -0.371. The molecule has 2 aromatic rings. The Hall–Kier alpha value is -2.96. The average Bonchev–Trinajstić information content (AvgIpc) is 2.69. The molecule has 0 bridgehead atoms. The van der Waals surface area contributed by atoms with Gasteiger partial charge in [-0.3, -0.25) is 4.79 Å². The van der Waals surface area contributed by atoms with Crippen LogP contribution in [0.15, 0.2) is 48.5 Å². The van der Waals surface area contributed by atoms with E-state index in [-0.39, 0.29) is 29.5 Å². The number of piperidine rings is 1. The second-order valence-electron chi connectivity index (χ2n) is 6.57. The van der Waals surface area contributed by atoms with Gasteiger partial charge in [-0.05, 0) is 54.8 Å². The summed E-state index contributed by atoms with van der Waals surface area (Å²) in [5, 5.41) is 5.56. The van der Waals surface area contributed by atoms with Crippen molar-refractivity contribution in [1.29, 1.82) is 0 Å². The highest BCUT2D eigenvalue weighted by Gasteiger charge is 2.28. The first-order valence-electron chi connectivity index (χ1n) is 8.85. The predicted octanol–water partition coefficient (Wildman–Crippen LogP) is 3.53. The van der Waals surface area contributed by atoms with Crippen LogP contribution in [0.2, 0.25) is 0 Å². The molecule has 2 N–H and O–H groups in total. The van der Waals surface area contributed by atoms with E-state index < -0.39 is 0 Å². The van der Waals surface area contributed by atoms with Gasteiger partial charge in [0.15, 0.2) is 0 Å². The Balaban J connectivity index is 1.51. The minimum Gasteiger partial charge on any atom is -0.352 e. The number of urea groups is 1. The molecule has 0 aromatic heterocycles. The van der Waals surface area contributed by atoms with Crippen LogP contribution in [-0.4, -0.2) is 29.9 Å². The van der Waals surface area contributed by atoms with Crippen molar-refractivity contribution in [2.24, 2.45) is 5.92 Å². The number of rotatable bonds is 4. The quantitative estimate of drug-likeness (QED) is 0.861. The second-order valence-corrected chi connectivity index (χ2v) is 6.57. The van der Waals surface area contributed by atoms with Crippen molar-refractivity contribution in [2.75, 3.05) is 18.4 Å². The van der Waals surface area contributed by atoms with E-state index in [0.717, 1.165) is 12.0 Å². The van der Waals surface area contributed by atoms with Crippen molar-refractivity contribution in [3.05, 3.63) is 65.7 Å². The zero-order valence-electron chi connectivity index (χ0n) is 14.8. The van der Waals surface area contributed by atoms with Gasteiger partial charge >= 0.3 is 6.03 Å². The van der Waals surface area contributed by atoms with Crippen LogP contribution in [0.5, 0.6) is 0 Å². The van der Waals surface area contributed by atoms with Gasteiger partial charge in [-0.15, -0.1) is 0 Å². The van der Waals surface area contributed by atoms with Crippen molar-refractivity contribution >= 4 is 17.6 Å². The number of anilines is 1. The van der Waals surface area contributed by atoms with Gasteiger partial charge in [0.05, 0.1) is 5.92 Å². The first-order chi connectivity index (χ1) is 13.0. The van der Waals surface area contributed by atoms with Crippen LogP contribution >= 0.6 is 0 Å². The molecule has 3 amide bonds. The molecule has 2 aromatic carbocycles. The number of benzene rings is 2. The number of likely N-dealkylation sites (tertiary alicyclic amines) is 1. The normalized spacial score (nSPS) is 16.7. The number of hydrogen-bond acceptors (Lipinski definition) is 2. The first kappa shape index (κ1) is 18.8. The summed E-state index contributed by atoms with van der Waals surface area (Å²) in [6.07, 6.45) is 1.43. The molecular formula is C20H21F2N3O2. The van der Waals surface area contributed by atoms with Crippen LogP contribution in [0.4, 0.5) is 19.3 Å². The number of nitrogens with zero attached hydrogens (tertiary/aromatic N) is 1. The Kier molecular flexibility index (Phi) is 6.01. The lowest BCUT2D eigenvalue weighted by Gasteiger charge is -2.32. The monoisotopic (exact) mass is 373 g/mol. The van der Waals surface area contributed by atoms with E-state index in [2.05, 4.69) is 10.6 Å². The van der Waals surface area contributed by atoms with Gasteiger partial charge in [0.2, 0.25) is 5.91 Å². The van der Waals surface area contributed by atoms with Crippen LogP contribution in [0.3, 0.4) is 0 Å². The Morgan fingerprint density at radius 1 is 1.00 bits per heavy atom. The van der Waals surface area contributed by atoms with Crippen LogP contribution in [-0.2, 0) is 11.3 Å². The lowest BCUT2D eigenvalue weighted by atomic mass is 9.97. The summed E-state index contributed by atoms with van der Waals surface area (Å²) < 4.78 is 25.9. The van der Waals surface area contributed by atoms with Gasteiger partial charge in [-0.1, -0.05) is 12.1 Å². The zero-order valence-corrected chi connectivity index (χ0v) is 14.8. The van der Waals surface area contributed by atoms with Crippen molar-refractivity contribution in [2.45, 2.75) is 19.4 Å². The van der Waals surface area contributed by atoms with E-state index in [1.165, 1.54) is 36.4 Å². The number of hydrogen-bond donors (Lipinski definition) is 2. The summed E-state index contributed by atoms with van der Waals surface area (Å²) in [7, 11) is 0. The molecule has 0 spiro atoms. The van der Waals surface area contributed by atoms with Crippen LogP contribution in [0, 0.1) is 17.6 Å². The maximum Gasteiger partial charge on any atom is 0.321 e. The molecule has 7 heteroatoms. The van der Waals surface area contributed by atoms with Crippen molar-refractivity contribution in [3.63, 3.8) is 0 Å². The van der Waals surface area contributed by atoms with E-state index in [1.807, 2.05) is 0 Å². The van der Waals surface area contributed by atoms with E-state index in [1.54, 1.807) is 17.0 Å². The third kappa shape index (κ3) is 5.26. The lowest BCUT2D eigenvalue weighted by molar-refractivity contribution is -0.126. The Morgan fingerprint density at radius 3 is 2.30 bits per heavy atom. The van der Waals surface area contributed by atoms with Gasteiger partial charge in [0.25, 0.3) is 0 Å². The molecule has 1 atom stereocenters. The molecule has 27 heavy (non-hydrogen) atoms. The highest BCUT2D eigenvalue weighted by atomic mass is 19.1. The Bertz CT molecular complexity index is 794. The molecule has 1 heterocycles. The summed E-state index contributed by atoms with van der Waals surface area (Å²) in [5.41, 5.74) is 1.32. The smallest absolute Gasteiger partial charge is 0.321 e. The third-order valence-electron chi connectivity index (χ3n) is 4.55. The fourth-order valence-corrected chi connectivity index (χ4v) is 3.05. The molecule has 1 saturated heterocycles. The van der Waals surface area contributed by atoms with Crippen molar-refractivity contribution < 1.29 is 18.4 Å². The largest absolute Gasteiger partial charge is 0.352 e. The van der Waals surface area contributed by atoms with E-state index in [0.29, 0.717) is 31.7 Å². The average molecular weight is 373 g/mol. The van der Waals surface area contributed by atoms with Gasteiger partial charge in [-0.25, -0.2) is 13.6 Å². The summed E-state index contributed by atoms with van der Waals surface area (Å²) >= 11 is 0. The molecule has 0 aliphatic carbocycles. The summed E-state index contributed by atoms with van der Waals surface area (Å²) in [6.45, 7) is 1.20. The molecular weight excluding hydrogens is 352 g/mol. The number of carbonyl (C=O) groups is 2. The second kappa shape index (κ2) is 8.62. The van der Waals surface area contributed by atoms with Gasteiger partial charge < -0.3 is 15.5 Å². The highest BCUT2D eigenvalue weighted by molar-refractivity contribution is 5.90. The SMILES string of the molecule is O=C(NCc1ccc(F)cc1)[C@@H]1CCCN(C(=O)Nc2ccc(F)cc2)C1. The number of carbonyl (C=O) groups excluding carboxylic acids is 2. The van der Waals surface area contributed by atoms with E-state index in [9.17, 15) is 18.4 Å². The van der Waals surface area contributed by atoms with Crippen LogP contribution in [0.1, 0.15) is 18.4 Å². The lowest BCUT2D eigenvalue weighted by Crippen LogP contribution is -2.46.